The Hall–Kier alpha value is -2.08. The summed E-state index contributed by atoms with van der Waals surface area (Å²) in [7, 11) is 0. The first-order valence-corrected chi connectivity index (χ1v) is 10.0. The van der Waals surface area contributed by atoms with Gasteiger partial charge in [0.2, 0.25) is 0 Å². The van der Waals surface area contributed by atoms with Gasteiger partial charge in [0.1, 0.15) is 4.86 Å². The van der Waals surface area contributed by atoms with Crippen molar-refractivity contribution < 1.29 is 14.3 Å². The van der Waals surface area contributed by atoms with Crippen LogP contribution in [0.2, 0.25) is 5.02 Å². The standard InChI is InChI=1S/C18H16ClN3O3S2/c1-2-9-25-15(23)11-27-14-10-12(5-6-13(14)19)20-17-16(26)18(24)22-8-4-3-7-21(17)22/h1,5-6,10H,3-4,7-9,11H2. The molecule has 27 heavy (non-hydrogen) atoms. The third-order valence-electron chi connectivity index (χ3n) is 3.97. The zero-order valence-corrected chi connectivity index (χ0v) is 16.7. The quantitative estimate of drug-likeness (QED) is 0.315. The molecule has 1 aromatic carbocycles. The van der Waals surface area contributed by atoms with E-state index in [9.17, 15) is 9.59 Å². The van der Waals surface area contributed by atoms with Gasteiger partial charge < -0.3 is 4.74 Å². The summed E-state index contributed by atoms with van der Waals surface area (Å²) in [6, 6.07) is 5.20. The van der Waals surface area contributed by atoms with Crippen LogP contribution >= 0.6 is 35.6 Å². The lowest BCUT2D eigenvalue weighted by Gasteiger charge is -2.32. The first-order valence-electron chi connectivity index (χ1n) is 8.25. The number of hydrazine groups is 1. The molecule has 0 bridgehead atoms. The molecular formula is C18H16ClN3O3S2. The molecule has 9 heteroatoms. The Balaban J connectivity index is 1.78. The number of hydrogen-bond acceptors (Lipinski definition) is 6. The third kappa shape index (κ3) is 4.43. The Morgan fingerprint density at radius 3 is 2.85 bits per heavy atom. The van der Waals surface area contributed by atoms with E-state index in [1.807, 2.05) is 5.01 Å². The van der Waals surface area contributed by atoms with Crippen LogP contribution in [0.15, 0.2) is 28.1 Å². The summed E-state index contributed by atoms with van der Waals surface area (Å²) in [6.45, 7) is 1.30. The van der Waals surface area contributed by atoms with Gasteiger partial charge >= 0.3 is 5.97 Å². The number of fused-ring (bicyclic) bond motifs is 1. The second-order valence-electron chi connectivity index (χ2n) is 5.79. The molecule has 2 aliphatic heterocycles. The van der Waals surface area contributed by atoms with Crippen LogP contribution in [0.3, 0.4) is 0 Å². The van der Waals surface area contributed by atoms with Crippen LogP contribution in [0.1, 0.15) is 12.8 Å². The van der Waals surface area contributed by atoms with Gasteiger partial charge in [0.25, 0.3) is 5.91 Å². The second kappa shape index (κ2) is 8.74. The van der Waals surface area contributed by atoms with Gasteiger partial charge in [-0.25, -0.2) is 10.0 Å². The Morgan fingerprint density at radius 1 is 1.37 bits per heavy atom. The molecule has 2 saturated heterocycles. The Labute approximate surface area is 171 Å². The van der Waals surface area contributed by atoms with E-state index in [1.54, 1.807) is 23.2 Å². The van der Waals surface area contributed by atoms with Gasteiger partial charge in [-0.05, 0) is 31.0 Å². The SMILES string of the molecule is C#CCOC(=O)CSc1cc(N=C2C(=S)C(=O)N3CCCCN23)ccc1Cl. The molecule has 2 fully saturated rings. The fourth-order valence-electron chi connectivity index (χ4n) is 2.73. The summed E-state index contributed by atoms with van der Waals surface area (Å²) >= 11 is 12.7. The number of benzene rings is 1. The van der Waals surface area contributed by atoms with Crippen LogP contribution in [0.4, 0.5) is 5.69 Å². The van der Waals surface area contributed by atoms with Crippen molar-refractivity contribution in [2.45, 2.75) is 17.7 Å². The highest BCUT2D eigenvalue weighted by Crippen LogP contribution is 2.32. The number of rotatable bonds is 5. The number of carbonyl (C=O) groups is 2. The monoisotopic (exact) mass is 421 g/mol. The van der Waals surface area contributed by atoms with E-state index in [2.05, 4.69) is 10.9 Å². The lowest BCUT2D eigenvalue weighted by atomic mass is 10.2. The van der Waals surface area contributed by atoms with Gasteiger partial charge in [-0.15, -0.1) is 18.2 Å². The molecule has 0 spiro atoms. The molecule has 2 aliphatic rings. The Bertz CT molecular complexity index is 866. The van der Waals surface area contributed by atoms with Crippen LogP contribution in [0.25, 0.3) is 0 Å². The van der Waals surface area contributed by atoms with Crippen LogP contribution in [0, 0.1) is 12.3 Å². The predicted octanol–water partition coefficient (Wildman–Crippen LogP) is 2.86. The van der Waals surface area contributed by atoms with Gasteiger partial charge in [-0.3, -0.25) is 14.6 Å². The zero-order valence-electron chi connectivity index (χ0n) is 14.3. The normalized spacial score (nSPS) is 17.9. The summed E-state index contributed by atoms with van der Waals surface area (Å²) in [4.78, 5) is 29.4. The number of aliphatic imine (C=N–C) groups is 1. The number of thioether (sulfide) groups is 1. The van der Waals surface area contributed by atoms with E-state index in [4.69, 9.17) is 35.0 Å². The molecule has 0 aromatic heterocycles. The highest BCUT2D eigenvalue weighted by molar-refractivity contribution is 8.00. The predicted molar refractivity (Wildman–Crippen MR) is 109 cm³/mol. The van der Waals surface area contributed by atoms with Crippen molar-refractivity contribution in [1.82, 2.24) is 10.0 Å². The number of amidine groups is 1. The molecule has 0 unspecified atom stereocenters. The maximum atomic E-state index is 12.3. The van der Waals surface area contributed by atoms with E-state index >= 15 is 0 Å². The van der Waals surface area contributed by atoms with E-state index in [1.165, 1.54) is 11.8 Å². The molecule has 0 saturated carbocycles. The van der Waals surface area contributed by atoms with Crippen LogP contribution in [-0.4, -0.2) is 58.0 Å². The average molecular weight is 422 g/mol. The van der Waals surface area contributed by atoms with Crippen molar-refractivity contribution in [2.24, 2.45) is 4.99 Å². The van der Waals surface area contributed by atoms with Gasteiger partial charge in [-0.1, -0.05) is 29.7 Å². The van der Waals surface area contributed by atoms with Gasteiger partial charge in [-0.2, -0.15) is 0 Å². The fourth-order valence-corrected chi connectivity index (χ4v) is 4.03. The summed E-state index contributed by atoms with van der Waals surface area (Å²) in [5.74, 6) is 2.22. The van der Waals surface area contributed by atoms with Crippen molar-refractivity contribution in [3.8, 4) is 12.3 Å². The molecule has 3 rings (SSSR count). The molecule has 140 valence electrons. The highest BCUT2D eigenvalue weighted by Gasteiger charge is 2.40. The molecule has 6 nitrogen and oxygen atoms in total. The number of nitrogens with zero attached hydrogens (tertiary/aromatic N) is 3. The first kappa shape index (κ1) is 19.7. The molecule has 2 heterocycles. The number of ether oxygens (including phenoxy) is 1. The zero-order chi connectivity index (χ0) is 19.4. The Morgan fingerprint density at radius 2 is 2.11 bits per heavy atom. The summed E-state index contributed by atoms with van der Waals surface area (Å²) in [5.41, 5.74) is 0.608. The summed E-state index contributed by atoms with van der Waals surface area (Å²) < 4.78 is 4.84. The minimum absolute atomic E-state index is 0.0569. The largest absolute Gasteiger partial charge is 0.452 e. The summed E-state index contributed by atoms with van der Waals surface area (Å²) in [5, 5.41) is 3.99. The van der Waals surface area contributed by atoms with Crippen molar-refractivity contribution in [1.29, 1.82) is 0 Å². The maximum absolute atomic E-state index is 12.3. The van der Waals surface area contributed by atoms with Crippen molar-refractivity contribution in [3.63, 3.8) is 0 Å². The number of hydrogen-bond donors (Lipinski definition) is 0. The first-order chi connectivity index (χ1) is 13.0. The van der Waals surface area contributed by atoms with Crippen molar-refractivity contribution in [3.05, 3.63) is 23.2 Å². The van der Waals surface area contributed by atoms with Gasteiger partial charge in [0.05, 0.1) is 16.5 Å². The Kier molecular flexibility index (Phi) is 6.37. The average Bonchev–Trinajstić information content (AvgIpc) is 2.92. The molecule has 0 radical (unpaired) electrons. The lowest BCUT2D eigenvalue weighted by molar-refractivity contribution is -0.139. The third-order valence-corrected chi connectivity index (χ3v) is 5.80. The molecule has 1 aromatic rings. The number of thiocarbonyl (C=S) groups is 1. The number of carbonyl (C=O) groups excluding carboxylic acids is 2. The topological polar surface area (TPSA) is 62.2 Å². The van der Waals surface area contributed by atoms with E-state index in [0.29, 0.717) is 34.5 Å². The van der Waals surface area contributed by atoms with Crippen molar-refractivity contribution >= 4 is 63.8 Å². The van der Waals surface area contributed by atoms with Crippen LogP contribution < -0.4 is 0 Å². The molecular weight excluding hydrogens is 406 g/mol. The minimum Gasteiger partial charge on any atom is -0.452 e. The summed E-state index contributed by atoms with van der Waals surface area (Å²) in [6.07, 6.45) is 6.99. The lowest BCUT2D eigenvalue weighted by Crippen LogP contribution is -2.45. The molecule has 0 aliphatic carbocycles. The van der Waals surface area contributed by atoms with E-state index < -0.39 is 5.97 Å². The minimum atomic E-state index is -0.419. The van der Waals surface area contributed by atoms with Crippen LogP contribution in [0.5, 0.6) is 0 Å². The van der Waals surface area contributed by atoms with Crippen molar-refractivity contribution in [2.75, 3.05) is 25.4 Å². The molecule has 0 N–H and O–H groups in total. The van der Waals surface area contributed by atoms with Crippen LogP contribution in [-0.2, 0) is 14.3 Å². The van der Waals surface area contributed by atoms with E-state index in [-0.39, 0.29) is 23.1 Å². The number of halogens is 1. The van der Waals surface area contributed by atoms with Gasteiger partial charge in [0, 0.05) is 18.0 Å². The fraction of sp³-hybridized carbons (Fsp3) is 0.333. The second-order valence-corrected chi connectivity index (χ2v) is 7.62. The van der Waals surface area contributed by atoms with E-state index in [0.717, 1.165) is 12.8 Å². The number of terminal acetylenes is 1. The highest BCUT2D eigenvalue weighted by atomic mass is 35.5. The molecule has 0 atom stereocenters. The smallest absolute Gasteiger partial charge is 0.317 e. The number of esters is 1. The number of amides is 1. The molecule has 1 amide bonds. The van der Waals surface area contributed by atoms with Gasteiger partial charge in [0.15, 0.2) is 12.4 Å². The maximum Gasteiger partial charge on any atom is 0.317 e.